The zero-order valence-corrected chi connectivity index (χ0v) is 15.2. The lowest BCUT2D eigenvalue weighted by Crippen LogP contribution is -2.49. The van der Waals surface area contributed by atoms with Crippen molar-refractivity contribution in [3.8, 4) is 11.1 Å². The maximum absolute atomic E-state index is 12.7. The van der Waals surface area contributed by atoms with Gasteiger partial charge in [0.15, 0.2) is 5.54 Å². The van der Waals surface area contributed by atoms with Crippen LogP contribution in [0.3, 0.4) is 0 Å². The van der Waals surface area contributed by atoms with Crippen molar-refractivity contribution < 1.29 is 9.59 Å². The Labute approximate surface area is 161 Å². The van der Waals surface area contributed by atoms with Crippen LogP contribution in [-0.4, -0.2) is 21.5 Å². The molecule has 7 nitrogen and oxygen atoms in total. The highest BCUT2D eigenvalue weighted by atomic mass is 16.2. The Morgan fingerprint density at radius 3 is 2.43 bits per heavy atom. The van der Waals surface area contributed by atoms with Gasteiger partial charge in [0.1, 0.15) is 0 Å². The van der Waals surface area contributed by atoms with Gasteiger partial charge in [-0.3, -0.25) is 19.9 Å². The molecule has 1 aliphatic rings. The number of benzene rings is 1. The molecular formula is C21H18N4O3. The Balaban J connectivity index is 1.77. The summed E-state index contributed by atoms with van der Waals surface area (Å²) in [5.41, 5.74) is 1.47. The average molecular weight is 374 g/mol. The first-order chi connectivity index (χ1) is 13.5. The first kappa shape index (κ1) is 17.7. The fourth-order valence-electron chi connectivity index (χ4n) is 3.42. The largest absolute Gasteiger partial charge is 0.322 e. The van der Waals surface area contributed by atoms with E-state index in [0.29, 0.717) is 11.1 Å². The van der Waals surface area contributed by atoms with Crippen LogP contribution in [0.5, 0.6) is 0 Å². The third-order valence-electron chi connectivity index (χ3n) is 4.93. The number of hydrogen-bond acceptors (Lipinski definition) is 4. The van der Waals surface area contributed by atoms with Crippen molar-refractivity contribution in [2.75, 3.05) is 0 Å². The molecule has 0 spiro atoms. The lowest BCUT2D eigenvalue weighted by atomic mass is 9.88. The Kier molecular flexibility index (Phi) is 4.27. The summed E-state index contributed by atoms with van der Waals surface area (Å²) in [4.78, 5) is 41.3. The summed E-state index contributed by atoms with van der Waals surface area (Å²) in [5.74, 6) is -0.486. The molecule has 3 amide bonds. The van der Waals surface area contributed by atoms with Gasteiger partial charge in [0, 0.05) is 24.2 Å². The molecule has 2 aromatic heterocycles. The number of imide groups is 1. The maximum Gasteiger partial charge on any atom is 0.322 e. The van der Waals surface area contributed by atoms with Crippen molar-refractivity contribution >= 4 is 11.9 Å². The van der Waals surface area contributed by atoms with Crippen LogP contribution < -0.4 is 16.2 Å². The minimum absolute atomic E-state index is 0.00265. The monoisotopic (exact) mass is 374 g/mol. The van der Waals surface area contributed by atoms with E-state index in [0.717, 1.165) is 11.1 Å². The van der Waals surface area contributed by atoms with Crippen molar-refractivity contribution in [2.45, 2.75) is 19.0 Å². The molecule has 0 bridgehead atoms. The van der Waals surface area contributed by atoms with E-state index >= 15 is 0 Å². The Morgan fingerprint density at radius 2 is 1.79 bits per heavy atom. The molecule has 2 N–H and O–H groups in total. The van der Waals surface area contributed by atoms with E-state index in [-0.39, 0.29) is 12.1 Å². The van der Waals surface area contributed by atoms with E-state index in [1.807, 2.05) is 24.3 Å². The second-order valence-electron chi connectivity index (χ2n) is 6.76. The molecule has 3 aromatic rings. The number of aromatic nitrogens is 2. The summed E-state index contributed by atoms with van der Waals surface area (Å²) >= 11 is 0. The molecule has 1 saturated heterocycles. The fraction of sp³-hybridized carbons (Fsp3) is 0.143. The Morgan fingerprint density at radius 1 is 1.00 bits per heavy atom. The SMILES string of the molecule is Cc1cccn(CC2(c3ccc(-c4cccnc4)cc3)NC(=O)NC2=O)c1=O. The summed E-state index contributed by atoms with van der Waals surface area (Å²) < 4.78 is 1.44. The second kappa shape index (κ2) is 6.77. The molecule has 1 aliphatic heterocycles. The van der Waals surface area contributed by atoms with Crippen molar-refractivity contribution in [3.63, 3.8) is 0 Å². The first-order valence-corrected chi connectivity index (χ1v) is 8.80. The number of urea groups is 1. The standard InChI is InChI=1S/C21H18N4O3/c1-14-4-3-11-25(18(14)26)13-21(19(27)23-20(28)24-21)17-8-6-15(7-9-17)16-5-2-10-22-12-16/h2-12H,13H2,1H3,(H2,23,24,27,28). The Bertz CT molecular complexity index is 1110. The highest BCUT2D eigenvalue weighted by molar-refractivity contribution is 6.07. The fourth-order valence-corrected chi connectivity index (χ4v) is 3.42. The molecule has 0 radical (unpaired) electrons. The van der Waals surface area contributed by atoms with Gasteiger partial charge in [0.25, 0.3) is 11.5 Å². The van der Waals surface area contributed by atoms with E-state index < -0.39 is 17.5 Å². The lowest BCUT2D eigenvalue weighted by Gasteiger charge is -2.27. The molecule has 7 heteroatoms. The summed E-state index contributed by atoms with van der Waals surface area (Å²) in [6.07, 6.45) is 5.06. The van der Waals surface area contributed by atoms with Gasteiger partial charge >= 0.3 is 6.03 Å². The van der Waals surface area contributed by atoms with Crippen LogP contribution in [0.2, 0.25) is 0 Å². The van der Waals surface area contributed by atoms with Gasteiger partial charge in [-0.05, 0) is 35.7 Å². The van der Waals surface area contributed by atoms with E-state index in [1.54, 1.807) is 49.8 Å². The number of carbonyl (C=O) groups excluding carboxylic acids is 2. The molecule has 3 heterocycles. The van der Waals surface area contributed by atoms with Gasteiger partial charge in [-0.15, -0.1) is 0 Å². The summed E-state index contributed by atoms with van der Waals surface area (Å²) in [6.45, 7) is 1.71. The molecule has 4 rings (SSSR count). The molecule has 1 fully saturated rings. The number of carbonyl (C=O) groups is 2. The molecule has 140 valence electrons. The average Bonchev–Trinajstić information content (AvgIpc) is 3.00. The predicted octanol–water partition coefficient (Wildman–Crippen LogP) is 1.95. The van der Waals surface area contributed by atoms with Crippen LogP contribution in [0.4, 0.5) is 4.79 Å². The quantitative estimate of drug-likeness (QED) is 0.683. The molecule has 1 unspecified atom stereocenters. The summed E-state index contributed by atoms with van der Waals surface area (Å²) in [6, 6.07) is 14.0. The maximum atomic E-state index is 12.7. The molecule has 1 aromatic carbocycles. The third-order valence-corrected chi connectivity index (χ3v) is 4.93. The number of pyridine rings is 2. The Hall–Kier alpha value is -3.74. The third kappa shape index (κ3) is 2.96. The van der Waals surface area contributed by atoms with E-state index in [2.05, 4.69) is 15.6 Å². The van der Waals surface area contributed by atoms with Crippen molar-refractivity contribution in [1.29, 1.82) is 0 Å². The molecule has 0 aliphatic carbocycles. The summed E-state index contributed by atoms with van der Waals surface area (Å²) in [5, 5.41) is 5.01. The van der Waals surface area contributed by atoms with Gasteiger partial charge in [0.05, 0.1) is 6.54 Å². The van der Waals surface area contributed by atoms with Crippen molar-refractivity contribution in [1.82, 2.24) is 20.2 Å². The van der Waals surface area contributed by atoms with Crippen molar-refractivity contribution in [3.05, 3.63) is 88.6 Å². The number of nitrogens with zero attached hydrogens (tertiary/aromatic N) is 2. The predicted molar refractivity (Wildman–Crippen MR) is 103 cm³/mol. The number of amides is 3. The molecule has 28 heavy (non-hydrogen) atoms. The number of rotatable bonds is 4. The summed E-state index contributed by atoms with van der Waals surface area (Å²) in [7, 11) is 0. The van der Waals surface area contributed by atoms with Crippen LogP contribution in [0.1, 0.15) is 11.1 Å². The molecule has 1 atom stereocenters. The van der Waals surface area contributed by atoms with Gasteiger partial charge in [-0.1, -0.05) is 36.4 Å². The first-order valence-electron chi connectivity index (χ1n) is 8.80. The number of hydrogen-bond donors (Lipinski definition) is 2. The van der Waals surface area contributed by atoms with Crippen LogP contribution in [0.25, 0.3) is 11.1 Å². The molecule has 0 saturated carbocycles. The highest BCUT2D eigenvalue weighted by Gasteiger charge is 2.48. The minimum Gasteiger partial charge on any atom is -0.318 e. The van der Waals surface area contributed by atoms with Crippen molar-refractivity contribution in [2.24, 2.45) is 0 Å². The van der Waals surface area contributed by atoms with Gasteiger partial charge in [-0.25, -0.2) is 4.79 Å². The zero-order chi connectivity index (χ0) is 19.7. The topological polar surface area (TPSA) is 93.1 Å². The van der Waals surface area contributed by atoms with Crippen LogP contribution in [-0.2, 0) is 16.9 Å². The van der Waals surface area contributed by atoms with E-state index in [4.69, 9.17) is 0 Å². The molecular weight excluding hydrogens is 356 g/mol. The van der Waals surface area contributed by atoms with E-state index in [9.17, 15) is 14.4 Å². The minimum atomic E-state index is -1.36. The number of nitrogens with one attached hydrogen (secondary N) is 2. The van der Waals surface area contributed by atoms with Crippen LogP contribution >= 0.6 is 0 Å². The zero-order valence-electron chi connectivity index (χ0n) is 15.2. The van der Waals surface area contributed by atoms with Gasteiger partial charge in [0.2, 0.25) is 0 Å². The number of aryl methyl sites for hydroxylation is 1. The van der Waals surface area contributed by atoms with Gasteiger partial charge < -0.3 is 9.88 Å². The normalized spacial score (nSPS) is 18.6. The smallest absolute Gasteiger partial charge is 0.318 e. The van der Waals surface area contributed by atoms with E-state index in [1.165, 1.54) is 4.57 Å². The van der Waals surface area contributed by atoms with Crippen LogP contribution in [0, 0.1) is 6.92 Å². The van der Waals surface area contributed by atoms with Gasteiger partial charge in [-0.2, -0.15) is 0 Å². The highest BCUT2D eigenvalue weighted by Crippen LogP contribution is 2.29. The second-order valence-corrected chi connectivity index (χ2v) is 6.76. The van der Waals surface area contributed by atoms with Crippen LogP contribution in [0.15, 0.2) is 71.9 Å². The lowest BCUT2D eigenvalue weighted by molar-refractivity contribution is -0.124.